The molecule has 0 unspecified atom stereocenters. The molecule has 3 heteroatoms. The van der Waals surface area contributed by atoms with E-state index in [9.17, 15) is 0 Å². The average molecular weight is 330 g/mol. The molecule has 0 amide bonds. The number of hydrogen-bond donors (Lipinski definition) is 0. The number of nitrogens with zero attached hydrogens (tertiary/aromatic N) is 2. The minimum atomic E-state index is 0.197. The molecule has 0 aliphatic heterocycles. The van der Waals surface area contributed by atoms with Crippen molar-refractivity contribution < 1.29 is 4.42 Å². The highest BCUT2D eigenvalue weighted by atomic mass is 16.3. The molecule has 3 heterocycles. The Morgan fingerprint density at radius 3 is 2.48 bits per heavy atom. The first-order valence-corrected chi connectivity index (χ1v) is 8.65. The van der Waals surface area contributed by atoms with Crippen molar-refractivity contribution in [2.24, 2.45) is 5.41 Å². The monoisotopic (exact) mass is 330 g/mol. The first kappa shape index (κ1) is 15.8. The minimum absolute atomic E-state index is 0.197. The molecular formula is C22H22N2O. The lowest BCUT2D eigenvalue weighted by Crippen LogP contribution is -2.10. The predicted molar refractivity (Wildman–Crippen MR) is 103 cm³/mol. The van der Waals surface area contributed by atoms with E-state index in [2.05, 4.69) is 56.9 Å². The van der Waals surface area contributed by atoms with Crippen LogP contribution in [0.1, 0.15) is 32.0 Å². The molecule has 4 rings (SSSR count). The largest absolute Gasteiger partial charge is 0.437 e. The van der Waals surface area contributed by atoms with Crippen LogP contribution in [0.2, 0.25) is 0 Å². The Bertz CT molecular complexity index is 1060. The fourth-order valence-corrected chi connectivity index (χ4v) is 3.33. The zero-order valence-electron chi connectivity index (χ0n) is 15.1. The molecule has 0 aliphatic rings. The smallest absolute Gasteiger partial charge is 0.227 e. The van der Waals surface area contributed by atoms with Crippen LogP contribution in [0.5, 0.6) is 0 Å². The molecule has 3 aromatic heterocycles. The highest BCUT2D eigenvalue weighted by Crippen LogP contribution is 2.36. The highest BCUT2D eigenvalue weighted by Gasteiger charge is 2.18. The standard InChI is InChI=1S/C22H22N2O/c1-14-8-10-16-17-11-9-15(13-22(2,3)4)24-21(17)25-20(16)19(14)18-7-5-6-12-23-18/h5-12H,13H2,1-4H3. The Kier molecular flexibility index (Phi) is 3.60. The summed E-state index contributed by atoms with van der Waals surface area (Å²) in [6.07, 6.45) is 2.74. The SMILES string of the molecule is Cc1ccc2c(oc3nc(CC(C)(C)C)ccc32)c1-c1ccccn1. The van der Waals surface area contributed by atoms with Crippen LogP contribution in [0.3, 0.4) is 0 Å². The van der Waals surface area contributed by atoms with Gasteiger partial charge in [0.2, 0.25) is 5.71 Å². The normalized spacial score (nSPS) is 12.2. The number of pyridine rings is 2. The second kappa shape index (κ2) is 5.69. The van der Waals surface area contributed by atoms with Crippen molar-refractivity contribution >= 4 is 22.1 Å². The lowest BCUT2D eigenvalue weighted by Gasteiger charge is -2.16. The summed E-state index contributed by atoms with van der Waals surface area (Å²) in [4.78, 5) is 9.29. The van der Waals surface area contributed by atoms with E-state index in [4.69, 9.17) is 9.40 Å². The molecule has 4 aromatic rings. The number of benzene rings is 1. The van der Waals surface area contributed by atoms with Gasteiger partial charge in [0.1, 0.15) is 5.58 Å². The number of aromatic nitrogens is 2. The van der Waals surface area contributed by atoms with Gasteiger partial charge in [-0.15, -0.1) is 0 Å². The molecule has 25 heavy (non-hydrogen) atoms. The van der Waals surface area contributed by atoms with Crippen molar-refractivity contribution in [3.63, 3.8) is 0 Å². The number of rotatable bonds is 2. The lowest BCUT2D eigenvalue weighted by atomic mass is 9.90. The molecule has 126 valence electrons. The van der Waals surface area contributed by atoms with E-state index >= 15 is 0 Å². The lowest BCUT2D eigenvalue weighted by molar-refractivity contribution is 0.406. The summed E-state index contributed by atoms with van der Waals surface area (Å²) < 4.78 is 6.22. The fourth-order valence-electron chi connectivity index (χ4n) is 3.33. The molecule has 1 aromatic carbocycles. The number of aryl methyl sites for hydroxylation is 1. The maximum absolute atomic E-state index is 6.22. The summed E-state index contributed by atoms with van der Waals surface area (Å²) in [7, 11) is 0. The first-order valence-electron chi connectivity index (χ1n) is 8.65. The van der Waals surface area contributed by atoms with Crippen LogP contribution in [0.15, 0.2) is 53.1 Å². The summed E-state index contributed by atoms with van der Waals surface area (Å²) in [5.41, 5.74) is 5.97. The quantitative estimate of drug-likeness (QED) is 0.456. The van der Waals surface area contributed by atoms with Crippen molar-refractivity contribution in [2.45, 2.75) is 34.1 Å². The predicted octanol–water partition coefficient (Wildman–Crippen LogP) is 5.94. The molecule has 0 saturated heterocycles. The van der Waals surface area contributed by atoms with Crippen molar-refractivity contribution in [1.29, 1.82) is 0 Å². The van der Waals surface area contributed by atoms with Gasteiger partial charge in [0.25, 0.3) is 0 Å². The zero-order valence-corrected chi connectivity index (χ0v) is 15.1. The van der Waals surface area contributed by atoms with Crippen LogP contribution in [0.4, 0.5) is 0 Å². The van der Waals surface area contributed by atoms with E-state index in [0.29, 0.717) is 5.71 Å². The third-order valence-electron chi connectivity index (χ3n) is 4.41. The van der Waals surface area contributed by atoms with Crippen LogP contribution in [0, 0.1) is 12.3 Å². The highest BCUT2D eigenvalue weighted by molar-refractivity contribution is 6.08. The maximum atomic E-state index is 6.22. The van der Waals surface area contributed by atoms with Gasteiger partial charge >= 0.3 is 0 Å². The van der Waals surface area contributed by atoms with Gasteiger partial charge in [-0.3, -0.25) is 4.98 Å². The minimum Gasteiger partial charge on any atom is -0.437 e. The third-order valence-corrected chi connectivity index (χ3v) is 4.41. The second-order valence-corrected chi connectivity index (χ2v) is 7.84. The average Bonchev–Trinajstić information content (AvgIpc) is 2.91. The summed E-state index contributed by atoms with van der Waals surface area (Å²) in [6.45, 7) is 8.76. The number of fused-ring (bicyclic) bond motifs is 3. The van der Waals surface area contributed by atoms with Crippen molar-refractivity contribution in [2.75, 3.05) is 0 Å². The maximum Gasteiger partial charge on any atom is 0.227 e. The van der Waals surface area contributed by atoms with Crippen LogP contribution in [-0.2, 0) is 6.42 Å². The molecule has 0 N–H and O–H groups in total. The number of hydrogen-bond acceptors (Lipinski definition) is 3. The van der Waals surface area contributed by atoms with Gasteiger partial charge in [0.05, 0.1) is 5.69 Å². The molecular weight excluding hydrogens is 308 g/mol. The van der Waals surface area contributed by atoms with Crippen molar-refractivity contribution in [3.05, 3.63) is 59.9 Å². The Balaban J connectivity index is 1.96. The van der Waals surface area contributed by atoms with Gasteiger partial charge in [-0.2, -0.15) is 0 Å². The molecule has 0 spiro atoms. The van der Waals surface area contributed by atoms with E-state index in [0.717, 1.165) is 45.3 Å². The summed E-state index contributed by atoms with van der Waals surface area (Å²) in [6, 6.07) is 14.4. The Hall–Kier alpha value is -2.68. The second-order valence-electron chi connectivity index (χ2n) is 7.84. The Labute approximate surface area is 147 Å². The van der Waals surface area contributed by atoms with Gasteiger partial charge in [-0.1, -0.05) is 39.0 Å². The van der Waals surface area contributed by atoms with E-state index in [1.165, 1.54) is 0 Å². The molecule has 3 nitrogen and oxygen atoms in total. The summed E-state index contributed by atoms with van der Waals surface area (Å²) >= 11 is 0. The van der Waals surface area contributed by atoms with Crippen LogP contribution in [0.25, 0.3) is 33.3 Å². The van der Waals surface area contributed by atoms with E-state index in [1.54, 1.807) is 0 Å². The fraction of sp³-hybridized carbons (Fsp3) is 0.273. The molecule has 0 bridgehead atoms. The van der Waals surface area contributed by atoms with Gasteiger partial charge in [0.15, 0.2) is 0 Å². The van der Waals surface area contributed by atoms with Crippen LogP contribution >= 0.6 is 0 Å². The number of furan rings is 1. The van der Waals surface area contributed by atoms with Crippen LogP contribution < -0.4 is 0 Å². The summed E-state index contributed by atoms with van der Waals surface area (Å²) in [5.74, 6) is 0. The molecule has 0 atom stereocenters. The zero-order chi connectivity index (χ0) is 17.6. The van der Waals surface area contributed by atoms with Gasteiger partial charge in [0, 0.05) is 28.2 Å². The molecule has 0 saturated carbocycles. The van der Waals surface area contributed by atoms with Gasteiger partial charge < -0.3 is 4.42 Å². The molecule has 0 aliphatic carbocycles. The van der Waals surface area contributed by atoms with Crippen molar-refractivity contribution in [1.82, 2.24) is 9.97 Å². The first-order chi connectivity index (χ1) is 11.9. The van der Waals surface area contributed by atoms with E-state index < -0.39 is 0 Å². The Morgan fingerprint density at radius 2 is 1.76 bits per heavy atom. The van der Waals surface area contributed by atoms with Gasteiger partial charge in [-0.25, -0.2) is 4.98 Å². The van der Waals surface area contributed by atoms with E-state index in [1.807, 2.05) is 24.4 Å². The van der Waals surface area contributed by atoms with E-state index in [-0.39, 0.29) is 5.41 Å². The van der Waals surface area contributed by atoms with Crippen LogP contribution in [-0.4, -0.2) is 9.97 Å². The van der Waals surface area contributed by atoms with Gasteiger partial charge in [-0.05, 0) is 48.6 Å². The third kappa shape index (κ3) is 2.91. The Morgan fingerprint density at radius 1 is 0.960 bits per heavy atom. The van der Waals surface area contributed by atoms with Crippen molar-refractivity contribution in [3.8, 4) is 11.3 Å². The molecule has 0 fully saturated rings. The molecule has 0 radical (unpaired) electrons. The topological polar surface area (TPSA) is 38.9 Å². The summed E-state index contributed by atoms with van der Waals surface area (Å²) in [5, 5.41) is 2.15.